The summed E-state index contributed by atoms with van der Waals surface area (Å²) in [4.78, 5) is 0. The van der Waals surface area contributed by atoms with Crippen LogP contribution < -0.4 is 10.9 Å². The zero-order valence-electron chi connectivity index (χ0n) is 37.3. The molecule has 0 spiro atoms. The molecule has 0 N–H and O–H groups in total. The summed E-state index contributed by atoms with van der Waals surface area (Å²) in [7, 11) is -0.744. The third-order valence-electron chi connectivity index (χ3n) is 15.2. The highest BCUT2D eigenvalue weighted by atomic mass is 16.7. The summed E-state index contributed by atoms with van der Waals surface area (Å²) < 4.78 is 26.5. The fourth-order valence-electron chi connectivity index (χ4n) is 10.1. The van der Waals surface area contributed by atoms with Crippen LogP contribution in [-0.4, -0.2) is 36.6 Å². The van der Waals surface area contributed by atoms with Crippen LogP contribution in [0.3, 0.4) is 0 Å². The molecule has 3 aromatic rings. The monoisotopic (exact) mass is 759 g/mol. The quantitative estimate of drug-likeness (QED) is 0.108. The van der Waals surface area contributed by atoms with Gasteiger partial charge in [-0.15, -0.1) is 0 Å². The van der Waals surface area contributed by atoms with Crippen LogP contribution in [0.5, 0.6) is 0 Å². The summed E-state index contributed by atoms with van der Waals surface area (Å²) in [5.74, 6) is 0. The SMILES string of the molecule is CCCCCCCCC1(CCCCCCCC)c2cc(B3OC(C)(C)C(C)(C)O3)ccc2-c2cc3c(cc21)-c1ccc(B2OC(C)(C)C(C)(C)O2)cc1C3(C)C. The minimum atomic E-state index is -0.379. The van der Waals surface area contributed by atoms with Crippen molar-refractivity contribution >= 4 is 25.2 Å². The highest BCUT2D eigenvalue weighted by molar-refractivity contribution is 6.62. The van der Waals surface area contributed by atoms with Crippen molar-refractivity contribution in [2.45, 2.75) is 206 Å². The number of benzene rings is 3. The maximum Gasteiger partial charge on any atom is 0.494 e. The molecule has 0 bridgehead atoms. The first-order valence-electron chi connectivity index (χ1n) is 22.6. The molecule has 0 unspecified atom stereocenters. The molecule has 302 valence electrons. The highest BCUT2D eigenvalue weighted by Crippen LogP contribution is 2.59. The van der Waals surface area contributed by atoms with Crippen molar-refractivity contribution in [1.82, 2.24) is 0 Å². The average Bonchev–Trinajstić information content (AvgIpc) is 3.71. The fraction of sp³-hybridized carbons (Fsp3) is 0.640. The zero-order chi connectivity index (χ0) is 40.3. The van der Waals surface area contributed by atoms with Gasteiger partial charge in [0.25, 0.3) is 0 Å². The molecule has 3 aromatic carbocycles. The number of unbranched alkanes of at least 4 members (excludes halogenated alkanes) is 10. The first-order chi connectivity index (χ1) is 26.4. The second-order valence-corrected chi connectivity index (χ2v) is 20.5. The predicted molar refractivity (Wildman–Crippen MR) is 238 cm³/mol. The number of hydrogen-bond donors (Lipinski definition) is 0. The summed E-state index contributed by atoms with van der Waals surface area (Å²) >= 11 is 0. The van der Waals surface area contributed by atoms with Gasteiger partial charge in [-0.3, -0.25) is 0 Å². The van der Waals surface area contributed by atoms with Crippen molar-refractivity contribution in [2.24, 2.45) is 0 Å². The lowest BCUT2D eigenvalue weighted by Crippen LogP contribution is -2.41. The lowest BCUT2D eigenvalue weighted by atomic mass is 9.68. The standard InChI is InChI=1S/C50H72B2O4/c1-13-15-17-19-21-23-29-50(30-24-22-20-18-16-14-2)43-32-36(52-55-48(9,10)49(11,12)56-52)26-28-38(43)40-33-42-39(34-44(40)50)37-27-25-35(31-41(37)45(42,3)4)51-53-46(5,6)47(7,8)54-51/h25-28,31-34H,13-24,29-30H2,1-12H3. The molecule has 2 aliphatic carbocycles. The zero-order valence-corrected chi connectivity index (χ0v) is 37.3. The van der Waals surface area contributed by atoms with Gasteiger partial charge in [-0.2, -0.15) is 0 Å². The van der Waals surface area contributed by atoms with Crippen molar-refractivity contribution in [3.05, 3.63) is 70.8 Å². The average molecular weight is 759 g/mol. The Balaban J connectivity index is 1.32. The van der Waals surface area contributed by atoms with Crippen LogP contribution in [0.2, 0.25) is 0 Å². The largest absolute Gasteiger partial charge is 0.494 e. The Bertz CT molecular complexity index is 1860. The van der Waals surface area contributed by atoms with Crippen molar-refractivity contribution in [1.29, 1.82) is 0 Å². The van der Waals surface area contributed by atoms with Crippen LogP contribution in [0.15, 0.2) is 48.5 Å². The van der Waals surface area contributed by atoms with E-state index >= 15 is 0 Å². The van der Waals surface area contributed by atoms with Gasteiger partial charge < -0.3 is 18.6 Å². The topological polar surface area (TPSA) is 36.9 Å². The van der Waals surface area contributed by atoms with E-state index in [1.807, 2.05) is 0 Å². The Morgan fingerprint density at radius 1 is 0.393 bits per heavy atom. The Labute approximate surface area is 341 Å². The molecule has 2 saturated heterocycles. The number of rotatable bonds is 16. The van der Waals surface area contributed by atoms with E-state index in [4.69, 9.17) is 18.6 Å². The van der Waals surface area contributed by atoms with E-state index in [1.165, 1.54) is 134 Å². The molecule has 0 radical (unpaired) electrons. The molecule has 0 atom stereocenters. The molecular formula is C50H72B2O4. The second-order valence-electron chi connectivity index (χ2n) is 20.5. The van der Waals surface area contributed by atoms with E-state index < -0.39 is 0 Å². The van der Waals surface area contributed by atoms with Gasteiger partial charge in [0.15, 0.2) is 0 Å². The molecule has 0 saturated carbocycles. The summed E-state index contributed by atoms with van der Waals surface area (Å²) in [6, 6.07) is 19.4. The summed E-state index contributed by atoms with van der Waals surface area (Å²) in [6.45, 7) is 26.7. The molecule has 56 heavy (non-hydrogen) atoms. The van der Waals surface area contributed by atoms with Crippen LogP contribution in [0.25, 0.3) is 22.3 Å². The molecule has 2 fully saturated rings. The van der Waals surface area contributed by atoms with Gasteiger partial charge in [0, 0.05) is 10.8 Å². The molecule has 0 aromatic heterocycles. The third-order valence-corrected chi connectivity index (χ3v) is 15.2. The van der Waals surface area contributed by atoms with Crippen LogP contribution in [0.4, 0.5) is 0 Å². The van der Waals surface area contributed by atoms with Gasteiger partial charge in [0.1, 0.15) is 0 Å². The van der Waals surface area contributed by atoms with Gasteiger partial charge >= 0.3 is 14.2 Å². The van der Waals surface area contributed by atoms with Crippen LogP contribution in [0, 0.1) is 0 Å². The van der Waals surface area contributed by atoms with Gasteiger partial charge in [-0.05, 0) is 136 Å². The smallest absolute Gasteiger partial charge is 0.399 e. The predicted octanol–water partition coefficient (Wildman–Crippen LogP) is 12.4. The Morgan fingerprint density at radius 2 is 0.732 bits per heavy atom. The first kappa shape index (κ1) is 41.8. The number of hydrogen-bond acceptors (Lipinski definition) is 4. The van der Waals surface area contributed by atoms with Crippen LogP contribution in [-0.2, 0) is 29.4 Å². The highest BCUT2D eigenvalue weighted by Gasteiger charge is 2.54. The number of fused-ring (bicyclic) bond motifs is 6. The summed E-state index contributed by atoms with van der Waals surface area (Å²) in [5, 5.41) is 0. The first-order valence-corrected chi connectivity index (χ1v) is 22.6. The van der Waals surface area contributed by atoms with E-state index in [-0.39, 0.29) is 47.5 Å². The Kier molecular flexibility index (Phi) is 11.4. The maximum atomic E-state index is 6.69. The molecule has 7 rings (SSSR count). The van der Waals surface area contributed by atoms with Gasteiger partial charge in [0.2, 0.25) is 0 Å². The van der Waals surface area contributed by atoms with Gasteiger partial charge in [-0.1, -0.05) is 141 Å². The lowest BCUT2D eigenvalue weighted by molar-refractivity contribution is 0.00578. The molecule has 2 heterocycles. The minimum Gasteiger partial charge on any atom is -0.399 e. The normalized spacial score (nSPS) is 21.3. The molecule has 4 nitrogen and oxygen atoms in total. The summed E-state index contributed by atoms with van der Waals surface area (Å²) in [6.07, 6.45) is 18.0. The fourth-order valence-corrected chi connectivity index (χ4v) is 10.1. The van der Waals surface area contributed by atoms with Crippen LogP contribution >= 0.6 is 0 Å². The Morgan fingerprint density at radius 3 is 1.20 bits per heavy atom. The molecular weight excluding hydrogens is 686 g/mol. The van der Waals surface area contributed by atoms with Gasteiger partial charge in [0.05, 0.1) is 22.4 Å². The van der Waals surface area contributed by atoms with E-state index in [0.29, 0.717) is 0 Å². The van der Waals surface area contributed by atoms with E-state index in [9.17, 15) is 0 Å². The van der Waals surface area contributed by atoms with Crippen molar-refractivity contribution < 1.29 is 18.6 Å². The molecule has 2 aliphatic heterocycles. The van der Waals surface area contributed by atoms with Crippen molar-refractivity contribution in [2.75, 3.05) is 0 Å². The summed E-state index contributed by atoms with van der Waals surface area (Å²) in [5.41, 5.74) is 12.0. The minimum absolute atomic E-state index is 0.0512. The third kappa shape index (κ3) is 7.19. The van der Waals surface area contributed by atoms with E-state index in [1.54, 1.807) is 0 Å². The van der Waals surface area contributed by atoms with Crippen molar-refractivity contribution in [3.63, 3.8) is 0 Å². The Hall–Kier alpha value is -2.37. The second kappa shape index (κ2) is 15.3. The molecule has 6 heteroatoms. The van der Waals surface area contributed by atoms with E-state index in [0.717, 1.165) is 10.9 Å². The van der Waals surface area contributed by atoms with Gasteiger partial charge in [-0.25, -0.2) is 0 Å². The molecule has 0 amide bonds. The van der Waals surface area contributed by atoms with Crippen LogP contribution in [0.1, 0.15) is 195 Å². The van der Waals surface area contributed by atoms with E-state index in [2.05, 4.69) is 132 Å². The lowest BCUT2D eigenvalue weighted by Gasteiger charge is -2.34. The van der Waals surface area contributed by atoms with Crippen molar-refractivity contribution in [3.8, 4) is 22.3 Å². The molecule has 4 aliphatic rings. The maximum absolute atomic E-state index is 6.69.